The van der Waals surface area contributed by atoms with Gasteiger partial charge in [0.15, 0.2) is 0 Å². The van der Waals surface area contributed by atoms with E-state index in [9.17, 15) is 0 Å². The standard InChI is InChI=1S/C12H20N2OS/c1-10(11-13-6-8-16-11)14-9-12(5-7-15)3-2-4-12/h6,8,10,14-15H,2-5,7,9H2,1H3. The Morgan fingerprint density at radius 2 is 2.44 bits per heavy atom. The van der Waals surface area contributed by atoms with Crippen molar-refractivity contribution in [1.29, 1.82) is 0 Å². The minimum atomic E-state index is 0.313. The molecule has 1 aliphatic rings. The van der Waals surface area contributed by atoms with E-state index in [1.54, 1.807) is 11.3 Å². The van der Waals surface area contributed by atoms with Gasteiger partial charge < -0.3 is 10.4 Å². The topological polar surface area (TPSA) is 45.1 Å². The van der Waals surface area contributed by atoms with Gasteiger partial charge in [0.1, 0.15) is 5.01 Å². The fourth-order valence-corrected chi connectivity index (χ4v) is 3.00. The Kier molecular flexibility index (Phi) is 3.95. The molecule has 3 nitrogen and oxygen atoms in total. The van der Waals surface area contributed by atoms with Crippen LogP contribution in [0, 0.1) is 5.41 Å². The van der Waals surface area contributed by atoms with E-state index < -0.39 is 0 Å². The fourth-order valence-electron chi connectivity index (χ4n) is 2.33. The Morgan fingerprint density at radius 3 is 2.94 bits per heavy atom. The summed E-state index contributed by atoms with van der Waals surface area (Å²) in [5.74, 6) is 0. The molecular weight excluding hydrogens is 220 g/mol. The lowest BCUT2D eigenvalue weighted by atomic mass is 9.66. The second kappa shape index (κ2) is 5.25. The molecule has 1 aromatic heterocycles. The number of thiazole rings is 1. The Balaban J connectivity index is 1.82. The van der Waals surface area contributed by atoms with E-state index in [0.29, 0.717) is 18.1 Å². The highest BCUT2D eigenvalue weighted by Gasteiger charge is 2.36. The second-order valence-electron chi connectivity index (χ2n) is 4.80. The summed E-state index contributed by atoms with van der Waals surface area (Å²) in [5, 5.41) is 15.8. The van der Waals surface area contributed by atoms with Gasteiger partial charge in [0.2, 0.25) is 0 Å². The Labute approximate surface area is 101 Å². The second-order valence-corrected chi connectivity index (χ2v) is 5.73. The molecule has 16 heavy (non-hydrogen) atoms. The van der Waals surface area contributed by atoms with Gasteiger partial charge >= 0.3 is 0 Å². The summed E-state index contributed by atoms with van der Waals surface area (Å²) in [7, 11) is 0. The van der Waals surface area contributed by atoms with Gasteiger partial charge in [-0.2, -0.15) is 0 Å². The molecule has 0 aliphatic heterocycles. The highest BCUT2D eigenvalue weighted by Crippen LogP contribution is 2.43. The van der Waals surface area contributed by atoms with E-state index in [4.69, 9.17) is 5.11 Å². The van der Waals surface area contributed by atoms with Crippen LogP contribution < -0.4 is 5.32 Å². The van der Waals surface area contributed by atoms with E-state index in [1.807, 2.05) is 11.6 Å². The Hall–Kier alpha value is -0.450. The summed E-state index contributed by atoms with van der Waals surface area (Å²) >= 11 is 1.70. The number of rotatable bonds is 6. The third kappa shape index (κ3) is 2.62. The highest BCUT2D eigenvalue weighted by atomic mass is 32.1. The van der Waals surface area contributed by atoms with Crippen molar-refractivity contribution in [3.8, 4) is 0 Å². The maximum atomic E-state index is 9.08. The monoisotopic (exact) mass is 240 g/mol. The molecule has 0 amide bonds. The van der Waals surface area contributed by atoms with E-state index >= 15 is 0 Å². The van der Waals surface area contributed by atoms with Crippen molar-refractivity contribution in [3.05, 3.63) is 16.6 Å². The smallest absolute Gasteiger partial charge is 0.109 e. The predicted octanol–water partition coefficient (Wildman–Crippen LogP) is 2.35. The first-order chi connectivity index (χ1) is 7.76. The van der Waals surface area contributed by atoms with Gasteiger partial charge in [-0.1, -0.05) is 6.42 Å². The molecule has 1 aromatic rings. The summed E-state index contributed by atoms with van der Waals surface area (Å²) in [6.07, 6.45) is 6.61. The minimum Gasteiger partial charge on any atom is -0.396 e. The molecule has 0 radical (unpaired) electrons. The molecule has 4 heteroatoms. The Morgan fingerprint density at radius 1 is 1.62 bits per heavy atom. The summed E-state index contributed by atoms with van der Waals surface area (Å²) in [5.41, 5.74) is 0.361. The predicted molar refractivity (Wildman–Crippen MR) is 66.5 cm³/mol. The third-order valence-electron chi connectivity index (χ3n) is 3.66. The van der Waals surface area contributed by atoms with E-state index in [0.717, 1.165) is 18.0 Å². The normalized spacial score (nSPS) is 20.4. The molecule has 0 aromatic carbocycles. The molecule has 1 aliphatic carbocycles. The van der Waals surface area contributed by atoms with E-state index in [1.165, 1.54) is 19.3 Å². The van der Waals surface area contributed by atoms with Gasteiger partial charge in [-0.15, -0.1) is 11.3 Å². The first-order valence-corrected chi connectivity index (χ1v) is 6.87. The SMILES string of the molecule is CC(NCC1(CCO)CCC1)c1nccs1. The number of hydrogen-bond donors (Lipinski definition) is 2. The van der Waals surface area contributed by atoms with Crippen LogP contribution in [0.1, 0.15) is 43.7 Å². The fraction of sp³-hybridized carbons (Fsp3) is 0.750. The molecule has 1 atom stereocenters. The number of aliphatic hydroxyl groups excluding tert-OH is 1. The van der Waals surface area contributed by atoms with Gasteiger partial charge in [0.25, 0.3) is 0 Å². The number of aliphatic hydroxyl groups is 1. The van der Waals surface area contributed by atoms with Crippen molar-refractivity contribution in [2.45, 2.75) is 38.6 Å². The first-order valence-electron chi connectivity index (χ1n) is 5.99. The molecule has 0 spiro atoms. The first kappa shape index (κ1) is 12.0. The van der Waals surface area contributed by atoms with E-state index in [2.05, 4.69) is 17.2 Å². The van der Waals surface area contributed by atoms with Crippen LogP contribution in [0.3, 0.4) is 0 Å². The third-order valence-corrected chi connectivity index (χ3v) is 4.62. The van der Waals surface area contributed by atoms with Crippen molar-refractivity contribution in [1.82, 2.24) is 10.3 Å². The summed E-state index contributed by atoms with van der Waals surface area (Å²) in [4.78, 5) is 4.31. The number of hydrogen-bond acceptors (Lipinski definition) is 4. The van der Waals surface area contributed by atoms with Crippen LogP contribution in [0.5, 0.6) is 0 Å². The lowest BCUT2D eigenvalue weighted by molar-refractivity contribution is 0.0833. The van der Waals surface area contributed by atoms with Crippen LogP contribution in [0.25, 0.3) is 0 Å². The van der Waals surface area contributed by atoms with Crippen LogP contribution in [-0.4, -0.2) is 23.2 Å². The van der Waals surface area contributed by atoms with Crippen LogP contribution in [0.2, 0.25) is 0 Å². The summed E-state index contributed by atoms with van der Waals surface area (Å²) in [6.45, 7) is 3.48. The largest absolute Gasteiger partial charge is 0.396 e. The molecule has 1 saturated carbocycles. The average Bonchev–Trinajstić information content (AvgIpc) is 2.74. The number of nitrogens with zero attached hydrogens (tertiary/aromatic N) is 1. The number of nitrogens with one attached hydrogen (secondary N) is 1. The molecule has 1 fully saturated rings. The molecule has 0 bridgehead atoms. The van der Waals surface area contributed by atoms with Crippen molar-refractivity contribution in [3.63, 3.8) is 0 Å². The lowest BCUT2D eigenvalue weighted by Crippen LogP contribution is -2.41. The van der Waals surface area contributed by atoms with Gasteiger partial charge in [-0.25, -0.2) is 4.98 Å². The zero-order valence-electron chi connectivity index (χ0n) is 9.78. The molecule has 90 valence electrons. The average molecular weight is 240 g/mol. The molecule has 2 rings (SSSR count). The lowest BCUT2D eigenvalue weighted by Gasteiger charge is -2.42. The molecule has 1 unspecified atom stereocenters. The summed E-state index contributed by atoms with van der Waals surface area (Å²) in [6, 6.07) is 0.330. The molecule has 0 saturated heterocycles. The van der Waals surface area contributed by atoms with Gasteiger partial charge in [0.05, 0.1) is 6.04 Å². The van der Waals surface area contributed by atoms with Crippen LogP contribution >= 0.6 is 11.3 Å². The molecule has 2 N–H and O–H groups in total. The minimum absolute atomic E-state index is 0.313. The van der Waals surface area contributed by atoms with Crippen LogP contribution in [0.4, 0.5) is 0 Å². The van der Waals surface area contributed by atoms with Gasteiger partial charge in [-0.05, 0) is 31.6 Å². The van der Waals surface area contributed by atoms with E-state index in [-0.39, 0.29) is 0 Å². The zero-order chi connectivity index (χ0) is 11.4. The highest BCUT2D eigenvalue weighted by molar-refractivity contribution is 7.09. The van der Waals surface area contributed by atoms with Crippen LogP contribution in [0.15, 0.2) is 11.6 Å². The zero-order valence-corrected chi connectivity index (χ0v) is 10.6. The van der Waals surface area contributed by atoms with Gasteiger partial charge in [-0.3, -0.25) is 0 Å². The number of aromatic nitrogens is 1. The van der Waals surface area contributed by atoms with Crippen molar-refractivity contribution in [2.75, 3.05) is 13.2 Å². The Bertz CT molecular complexity index is 309. The van der Waals surface area contributed by atoms with Crippen molar-refractivity contribution in [2.24, 2.45) is 5.41 Å². The van der Waals surface area contributed by atoms with Crippen LogP contribution in [-0.2, 0) is 0 Å². The maximum absolute atomic E-state index is 9.08. The molecule has 1 heterocycles. The molecular formula is C12H20N2OS. The summed E-state index contributed by atoms with van der Waals surface area (Å²) < 4.78 is 0. The van der Waals surface area contributed by atoms with Crippen molar-refractivity contribution < 1.29 is 5.11 Å². The van der Waals surface area contributed by atoms with Crippen molar-refractivity contribution >= 4 is 11.3 Å². The van der Waals surface area contributed by atoms with Gasteiger partial charge in [0, 0.05) is 24.7 Å². The quantitative estimate of drug-likeness (QED) is 0.802. The maximum Gasteiger partial charge on any atom is 0.109 e.